The number of aromatic nitrogens is 2. The number of nitriles is 1. The van der Waals surface area contributed by atoms with Gasteiger partial charge in [-0.15, -0.1) is 0 Å². The second-order valence-electron chi connectivity index (χ2n) is 5.75. The second-order valence-corrected chi connectivity index (χ2v) is 5.75. The Kier molecular flexibility index (Phi) is 5.53. The van der Waals surface area contributed by atoms with Crippen LogP contribution in [0.4, 0.5) is 0 Å². The van der Waals surface area contributed by atoms with Gasteiger partial charge >= 0.3 is 0 Å². The Morgan fingerprint density at radius 3 is 2.91 bits per heavy atom. The smallest absolute Gasteiger partial charge is 0.262 e. The standard InChI is InChI=1S/C18H22N4O/c1-4-5-9-20-18(23)14(12-19)11-15-16-8-6-7-10-22(16)17(21-15)13(2)3/h6-8,10-11,13H,4-5,9H2,1-3H3,(H,20,23). The lowest BCUT2D eigenvalue weighted by molar-refractivity contribution is -0.117. The fraction of sp³-hybridized carbons (Fsp3) is 0.389. The Morgan fingerprint density at radius 1 is 1.48 bits per heavy atom. The molecular formula is C18H22N4O. The zero-order chi connectivity index (χ0) is 16.8. The summed E-state index contributed by atoms with van der Waals surface area (Å²) in [6.45, 7) is 6.77. The molecule has 120 valence electrons. The number of carbonyl (C=O) groups excluding carboxylic acids is 1. The van der Waals surface area contributed by atoms with Crippen molar-refractivity contribution in [1.29, 1.82) is 5.26 Å². The molecule has 0 saturated carbocycles. The highest BCUT2D eigenvalue weighted by molar-refractivity contribution is 6.02. The van der Waals surface area contributed by atoms with Crippen LogP contribution in [0.2, 0.25) is 0 Å². The van der Waals surface area contributed by atoms with Crippen LogP contribution < -0.4 is 5.32 Å². The molecule has 0 fully saturated rings. The van der Waals surface area contributed by atoms with Gasteiger partial charge in [0.25, 0.3) is 5.91 Å². The fourth-order valence-electron chi connectivity index (χ4n) is 2.36. The second kappa shape index (κ2) is 7.59. The number of pyridine rings is 1. The molecule has 0 bridgehead atoms. The number of fused-ring (bicyclic) bond motifs is 1. The summed E-state index contributed by atoms with van der Waals surface area (Å²) in [6.07, 6.45) is 5.41. The molecule has 0 spiro atoms. The number of hydrogen-bond acceptors (Lipinski definition) is 3. The van der Waals surface area contributed by atoms with Crippen LogP contribution in [0.5, 0.6) is 0 Å². The largest absolute Gasteiger partial charge is 0.351 e. The van der Waals surface area contributed by atoms with Gasteiger partial charge in [-0.2, -0.15) is 5.26 Å². The van der Waals surface area contributed by atoms with Crippen molar-refractivity contribution < 1.29 is 4.79 Å². The molecule has 0 unspecified atom stereocenters. The zero-order valence-electron chi connectivity index (χ0n) is 13.8. The first-order valence-electron chi connectivity index (χ1n) is 7.95. The highest BCUT2D eigenvalue weighted by Gasteiger charge is 2.14. The van der Waals surface area contributed by atoms with E-state index < -0.39 is 0 Å². The molecule has 2 heterocycles. The molecule has 2 rings (SSSR count). The predicted octanol–water partition coefficient (Wildman–Crippen LogP) is 3.28. The number of rotatable bonds is 6. The Balaban J connectivity index is 2.39. The molecule has 0 atom stereocenters. The molecule has 5 heteroatoms. The summed E-state index contributed by atoms with van der Waals surface area (Å²) < 4.78 is 2.00. The van der Waals surface area contributed by atoms with E-state index in [1.54, 1.807) is 6.08 Å². The van der Waals surface area contributed by atoms with Gasteiger partial charge in [0.1, 0.15) is 17.5 Å². The average molecular weight is 310 g/mol. The first-order valence-corrected chi connectivity index (χ1v) is 7.95. The number of amides is 1. The van der Waals surface area contributed by atoms with Gasteiger partial charge in [0.2, 0.25) is 0 Å². The summed E-state index contributed by atoms with van der Waals surface area (Å²) in [4.78, 5) is 16.7. The van der Waals surface area contributed by atoms with Crippen LogP contribution in [0.1, 0.15) is 51.0 Å². The van der Waals surface area contributed by atoms with E-state index in [-0.39, 0.29) is 17.4 Å². The summed E-state index contributed by atoms with van der Waals surface area (Å²) in [5.74, 6) is 0.815. The average Bonchev–Trinajstić information content (AvgIpc) is 2.91. The summed E-state index contributed by atoms with van der Waals surface area (Å²) >= 11 is 0. The maximum Gasteiger partial charge on any atom is 0.262 e. The van der Waals surface area contributed by atoms with Crippen LogP contribution in [0.25, 0.3) is 11.6 Å². The van der Waals surface area contributed by atoms with Crippen LogP contribution in [0.3, 0.4) is 0 Å². The highest BCUT2D eigenvalue weighted by Crippen LogP contribution is 2.21. The minimum atomic E-state index is -0.343. The third-order valence-electron chi connectivity index (χ3n) is 3.58. The maximum atomic E-state index is 12.1. The van der Waals surface area contributed by atoms with Crippen molar-refractivity contribution in [2.24, 2.45) is 0 Å². The van der Waals surface area contributed by atoms with Crippen molar-refractivity contribution in [3.8, 4) is 6.07 Å². The van der Waals surface area contributed by atoms with Crippen molar-refractivity contribution in [3.05, 3.63) is 41.5 Å². The molecule has 0 radical (unpaired) electrons. The summed E-state index contributed by atoms with van der Waals surface area (Å²) in [6, 6.07) is 7.78. The van der Waals surface area contributed by atoms with E-state index in [2.05, 4.69) is 31.1 Å². The van der Waals surface area contributed by atoms with Crippen molar-refractivity contribution in [2.45, 2.75) is 39.5 Å². The monoisotopic (exact) mass is 310 g/mol. The molecule has 23 heavy (non-hydrogen) atoms. The normalized spacial score (nSPS) is 11.7. The highest BCUT2D eigenvalue weighted by atomic mass is 16.1. The number of nitrogens with one attached hydrogen (secondary N) is 1. The lowest BCUT2D eigenvalue weighted by Crippen LogP contribution is -2.25. The number of imidazole rings is 1. The Morgan fingerprint density at radius 2 is 2.26 bits per heavy atom. The van der Waals surface area contributed by atoms with Crippen molar-refractivity contribution in [3.63, 3.8) is 0 Å². The molecule has 5 nitrogen and oxygen atoms in total. The van der Waals surface area contributed by atoms with Gasteiger partial charge < -0.3 is 9.72 Å². The van der Waals surface area contributed by atoms with Crippen molar-refractivity contribution in [2.75, 3.05) is 6.54 Å². The first-order chi connectivity index (χ1) is 11.1. The summed E-state index contributed by atoms with van der Waals surface area (Å²) in [5, 5.41) is 12.1. The zero-order valence-corrected chi connectivity index (χ0v) is 13.8. The molecule has 0 saturated heterocycles. The minimum Gasteiger partial charge on any atom is -0.351 e. The van der Waals surface area contributed by atoms with Gasteiger partial charge in [0.15, 0.2) is 0 Å². The lowest BCUT2D eigenvalue weighted by atomic mass is 10.2. The minimum absolute atomic E-state index is 0.0836. The topological polar surface area (TPSA) is 70.2 Å². The van der Waals surface area contributed by atoms with Crippen LogP contribution >= 0.6 is 0 Å². The summed E-state index contributed by atoms with van der Waals surface area (Å²) in [5.41, 5.74) is 1.63. The quantitative estimate of drug-likeness (QED) is 0.505. The van der Waals surface area contributed by atoms with Gasteiger partial charge in [-0.1, -0.05) is 33.3 Å². The number of carbonyl (C=O) groups is 1. The first kappa shape index (κ1) is 16.8. The SMILES string of the molecule is CCCCNC(=O)C(C#N)=Cc1nc(C(C)C)n2ccccc12. The Bertz CT molecular complexity index is 765. The van der Waals surface area contributed by atoms with E-state index >= 15 is 0 Å². The molecule has 0 aliphatic rings. The van der Waals surface area contributed by atoms with Crippen molar-refractivity contribution in [1.82, 2.24) is 14.7 Å². The molecule has 0 aliphatic carbocycles. The molecule has 1 N–H and O–H groups in total. The maximum absolute atomic E-state index is 12.1. The van der Waals surface area contributed by atoms with Gasteiger partial charge in [-0.25, -0.2) is 4.98 Å². The van der Waals surface area contributed by atoms with E-state index in [0.29, 0.717) is 12.2 Å². The molecular weight excluding hydrogens is 288 g/mol. The Hall–Kier alpha value is -2.61. The van der Waals surface area contributed by atoms with Crippen LogP contribution in [0, 0.1) is 11.3 Å². The van der Waals surface area contributed by atoms with Gasteiger partial charge in [0, 0.05) is 18.7 Å². The van der Waals surface area contributed by atoms with Gasteiger partial charge in [-0.05, 0) is 24.6 Å². The van der Waals surface area contributed by atoms with E-state index in [4.69, 9.17) is 0 Å². The van der Waals surface area contributed by atoms with Crippen molar-refractivity contribution >= 4 is 17.5 Å². The van der Waals surface area contributed by atoms with Crippen LogP contribution in [0.15, 0.2) is 30.0 Å². The van der Waals surface area contributed by atoms with E-state index in [1.165, 1.54) is 0 Å². The predicted molar refractivity (Wildman–Crippen MR) is 90.8 cm³/mol. The third-order valence-corrected chi connectivity index (χ3v) is 3.58. The van der Waals surface area contributed by atoms with E-state index in [1.807, 2.05) is 34.9 Å². The molecule has 1 amide bonds. The third kappa shape index (κ3) is 3.78. The number of hydrogen-bond donors (Lipinski definition) is 1. The van der Waals surface area contributed by atoms with Gasteiger partial charge in [-0.3, -0.25) is 4.79 Å². The van der Waals surface area contributed by atoms with E-state index in [9.17, 15) is 10.1 Å². The molecule has 2 aromatic heterocycles. The van der Waals surface area contributed by atoms with Gasteiger partial charge in [0.05, 0.1) is 11.2 Å². The number of nitrogens with zero attached hydrogens (tertiary/aromatic N) is 3. The molecule has 0 aliphatic heterocycles. The molecule has 2 aromatic rings. The van der Waals surface area contributed by atoms with Crippen LogP contribution in [-0.4, -0.2) is 21.8 Å². The van der Waals surface area contributed by atoms with Crippen LogP contribution in [-0.2, 0) is 4.79 Å². The lowest BCUT2D eigenvalue weighted by Gasteiger charge is -2.02. The Labute approximate surface area is 136 Å². The summed E-state index contributed by atoms with van der Waals surface area (Å²) in [7, 11) is 0. The fourth-order valence-corrected chi connectivity index (χ4v) is 2.36. The number of unbranched alkanes of at least 4 members (excludes halogenated alkanes) is 1. The van der Waals surface area contributed by atoms with E-state index in [0.717, 1.165) is 24.2 Å². The molecule has 0 aromatic carbocycles.